The van der Waals surface area contributed by atoms with Crippen molar-refractivity contribution < 1.29 is 5.11 Å². The van der Waals surface area contributed by atoms with E-state index in [9.17, 15) is 0 Å². The van der Waals surface area contributed by atoms with Gasteiger partial charge in [-0.15, -0.1) is 11.3 Å². The minimum atomic E-state index is -0.0633. The number of hydrogen-bond donors (Lipinski definition) is 1. The molecule has 0 atom stereocenters. The van der Waals surface area contributed by atoms with Crippen molar-refractivity contribution in [2.75, 3.05) is 39.3 Å². The maximum atomic E-state index is 8.69. The van der Waals surface area contributed by atoms with Crippen molar-refractivity contribution in [2.45, 2.75) is 19.9 Å². The van der Waals surface area contributed by atoms with E-state index in [0.29, 0.717) is 0 Å². The number of aliphatic hydroxyl groups is 1. The van der Waals surface area contributed by atoms with E-state index in [0.717, 1.165) is 24.5 Å². The van der Waals surface area contributed by atoms with Gasteiger partial charge in [0.1, 0.15) is 6.61 Å². The van der Waals surface area contributed by atoms with E-state index in [2.05, 4.69) is 40.7 Å². The third-order valence-corrected chi connectivity index (χ3v) is 4.45. The van der Waals surface area contributed by atoms with Crippen LogP contribution in [0.15, 0.2) is 12.1 Å². The van der Waals surface area contributed by atoms with E-state index in [1.807, 2.05) is 0 Å². The van der Waals surface area contributed by atoms with Crippen molar-refractivity contribution >= 4 is 11.3 Å². The normalized spacial score (nSPS) is 17.8. The molecule has 1 fully saturated rings. The molecule has 1 N–H and O–H groups in total. The van der Waals surface area contributed by atoms with Gasteiger partial charge < -0.3 is 10.0 Å². The van der Waals surface area contributed by atoms with Crippen LogP contribution in [0.5, 0.6) is 0 Å². The summed E-state index contributed by atoms with van der Waals surface area (Å²) in [5.41, 5.74) is 0. The van der Waals surface area contributed by atoms with Crippen molar-refractivity contribution in [2.24, 2.45) is 0 Å². The molecule has 0 unspecified atom stereocenters. The number of nitrogens with zero attached hydrogens (tertiary/aromatic N) is 2. The Balaban J connectivity index is 1.88. The predicted octanol–water partition coefficient (Wildman–Crippen LogP) is 1.62. The molecular weight excluding hydrogens is 256 g/mol. The minimum Gasteiger partial charge on any atom is -0.384 e. The Kier molecular flexibility index (Phi) is 5.87. The summed E-state index contributed by atoms with van der Waals surface area (Å²) in [4.78, 5) is 7.47. The molecule has 4 heteroatoms. The number of rotatable bonds is 3. The average molecular weight is 278 g/mol. The molecule has 2 rings (SSSR count). The third kappa shape index (κ3) is 4.63. The summed E-state index contributed by atoms with van der Waals surface area (Å²) in [5, 5.41) is 8.69. The molecule has 0 spiro atoms. The fraction of sp³-hybridized carbons (Fsp3) is 0.600. The molecule has 1 aromatic rings. The van der Waals surface area contributed by atoms with Gasteiger partial charge in [-0.3, -0.25) is 4.90 Å². The lowest BCUT2D eigenvalue weighted by Gasteiger charge is -2.20. The zero-order valence-electron chi connectivity index (χ0n) is 11.6. The average Bonchev–Trinajstić information content (AvgIpc) is 2.74. The van der Waals surface area contributed by atoms with Gasteiger partial charge >= 0.3 is 0 Å². The van der Waals surface area contributed by atoms with Crippen molar-refractivity contribution in [3.05, 3.63) is 21.9 Å². The summed E-state index contributed by atoms with van der Waals surface area (Å²) < 4.78 is 0. The Labute approximate surface area is 119 Å². The molecule has 0 saturated carbocycles. The van der Waals surface area contributed by atoms with Crippen LogP contribution in [-0.2, 0) is 6.54 Å². The van der Waals surface area contributed by atoms with Gasteiger partial charge in [0.25, 0.3) is 0 Å². The lowest BCUT2D eigenvalue weighted by molar-refractivity contribution is 0.259. The second kappa shape index (κ2) is 7.66. The van der Waals surface area contributed by atoms with Gasteiger partial charge in [-0.05, 0) is 38.2 Å². The number of hydrogen-bond acceptors (Lipinski definition) is 4. The zero-order valence-corrected chi connectivity index (χ0v) is 12.4. The number of likely N-dealkylation sites (N-methyl/N-ethyl adjacent to an activating group) is 1. The van der Waals surface area contributed by atoms with Gasteiger partial charge in [0.15, 0.2) is 0 Å². The van der Waals surface area contributed by atoms with Crippen molar-refractivity contribution in [1.82, 2.24) is 9.80 Å². The van der Waals surface area contributed by atoms with Gasteiger partial charge in [0.2, 0.25) is 0 Å². The Morgan fingerprint density at radius 3 is 2.79 bits per heavy atom. The van der Waals surface area contributed by atoms with Crippen LogP contribution >= 0.6 is 11.3 Å². The summed E-state index contributed by atoms with van der Waals surface area (Å²) in [7, 11) is 0. The zero-order chi connectivity index (χ0) is 13.5. The maximum Gasteiger partial charge on any atom is 0.104 e. The molecule has 1 aromatic heterocycles. The second-order valence-corrected chi connectivity index (χ2v) is 5.96. The van der Waals surface area contributed by atoms with Crippen molar-refractivity contribution in [3.8, 4) is 11.8 Å². The highest BCUT2D eigenvalue weighted by Gasteiger charge is 2.14. The maximum absolute atomic E-state index is 8.69. The standard InChI is InChI=1S/C15H22N2OS/c1-2-16-8-4-9-17(11-10-16)13-15-7-6-14(19-15)5-3-12-18/h6-7,18H,2,4,8-13H2,1H3. The van der Waals surface area contributed by atoms with Gasteiger partial charge in [-0.1, -0.05) is 18.8 Å². The van der Waals surface area contributed by atoms with Crippen molar-refractivity contribution in [3.63, 3.8) is 0 Å². The molecule has 0 radical (unpaired) electrons. The van der Waals surface area contributed by atoms with E-state index >= 15 is 0 Å². The van der Waals surface area contributed by atoms with Gasteiger partial charge in [0, 0.05) is 24.5 Å². The van der Waals surface area contributed by atoms with Crippen LogP contribution in [0.2, 0.25) is 0 Å². The van der Waals surface area contributed by atoms with Crippen LogP contribution in [-0.4, -0.2) is 54.2 Å². The SMILES string of the molecule is CCN1CCCN(Cc2ccc(C#CCO)s2)CC1. The summed E-state index contributed by atoms with van der Waals surface area (Å²) in [6, 6.07) is 4.22. The summed E-state index contributed by atoms with van der Waals surface area (Å²) in [6.45, 7) is 9.11. The van der Waals surface area contributed by atoms with E-state index in [1.54, 1.807) is 11.3 Å². The summed E-state index contributed by atoms with van der Waals surface area (Å²) in [6.07, 6.45) is 1.26. The number of aliphatic hydroxyl groups excluding tert-OH is 1. The van der Waals surface area contributed by atoms with Crippen LogP contribution in [0, 0.1) is 11.8 Å². The first-order valence-electron chi connectivity index (χ1n) is 6.95. The molecule has 1 aliphatic heterocycles. The third-order valence-electron chi connectivity index (χ3n) is 3.46. The molecule has 0 aliphatic carbocycles. The van der Waals surface area contributed by atoms with Crippen LogP contribution < -0.4 is 0 Å². The monoisotopic (exact) mass is 278 g/mol. The van der Waals surface area contributed by atoms with Crippen LogP contribution in [0.4, 0.5) is 0 Å². The Morgan fingerprint density at radius 2 is 2.00 bits per heavy atom. The lowest BCUT2D eigenvalue weighted by atomic mass is 10.3. The van der Waals surface area contributed by atoms with E-state index in [1.165, 1.54) is 30.9 Å². The second-order valence-electron chi connectivity index (χ2n) is 4.79. The quantitative estimate of drug-likeness (QED) is 0.851. The van der Waals surface area contributed by atoms with E-state index in [-0.39, 0.29) is 6.61 Å². The molecule has 1 saturated heterocycles. The highest BCUT2D eigenvalue weighted by Crippen LogP contribution is 2.18. The summed E-state index contributed by atoms with van der Waals surface area (Å²) >= 11 is 1.74. The lowest BCUT2D eigenvalue weighted by Crippen LogP contribution is -2.30. The van der Waals surface area contributed by atoms with Crippen LogP contribution in [0.1, 0.15) is 23.1 Å². The number of thiophene rings is 1. The fourth-order valence-corrected chi connectivity index (χ4v) is 3.30. The van der Waals surface area contributed by atoms with Gasteiger partial charge in [0.05, 0.1) is 4.88 Å². The molecule has 0 amide bonds. The molecule has 3 nitrogen and oxygen atoms in total. The molecule has 0 aromatic carbocycles. The largest absolute Gasteiger partial charge is 0.384 e. The molecule has 1 aliphatic rings. The highest BCUT2D eigenvalue weighted by atomic mass is 32.1. The molecule has 0 bridgehead atoms. The fourth-order valence-electron chi connectivity index (χ4n) is 2.38. The van der Waals surface area contributed by atoms with Gasteiger partial charge in [-0.25, -0.2) is 0 Å². The molecular formula is C15H22N2OS. The Morgan fingerprint density at radius 1 is 1.21 bits per heavy atom. The predicted molar refractivity (Wildman–Crippen MR) is 80.3 cm³/mol. The minimum absolute atomic E-state index is 0.0633. The smallest absolute Gasteiger partial charge is 0.104 e. The molecule has 2 heterocycles. The first kappa shape index (κ1) is 14.5. The highest BCUT2D eigenvalue weighted by molar-refractivity contribution is 7.12. The molecule has 104 valence electrons. The summed E-state index contributed by atoms with van der Waals surface area (Å²) in [5.74, 6) is 5.67. The van der Waals surface area contributed by atoms with E-state index in [4.69, 9.17) is 5.11 Å². The first-order valence-corrected chi connectivity index (χ1v) is 7.76. The Hall–Kier alpha value is -0.860. The van der Waals surface area contributed by atoms with E-state index < -0.39 is 0 Å². The molecule has 19 heavy (non-hydrogen) atoms. The van der Waals surface area contributed by atoms with Gasteiger partial charge in [-0.2, -0.15) is 0 Å². The Bertz CT molecular complexity index is 446. The van der Waals surface area contributed by atoms with Crippen LogP contribution in [0.3, 0.4) is 0 Å². The topological polar surface area (TPSA) is 26.7 Å². The van der Waals surface area contributed by atoms with Crippen molar-refractivity contribution in [1.29, 1.82) is 0 Å². The first-order chi connectivity index (χ1) is 9.31. The van der Waals surface area contributed by atoms with Crippen LogP contribution in [0.25, 0.3) is 0 Å².